The smallest absolute Gasteiger partial charge is 0.239 e. The van der Waals surface area contributed by atoms with Crippen LogP contribution in [-0.2, 0) is 11.2 Å². The molecule has 0 saturated carbocycles. The van der Waals surface area contributed by atoms with Gasteiger partial charge in [0.15, 0.2) is 0 Å². The summed E-state index contributed by atoms with van der Waals surface area (Å²) in [6, 6.07) is 7.63. The summed E-state index contributed by atoms with van der Waals surface area (Å²) in [4.78, 5) is 17.6. The van der Waals surface area contributed by atoms with Gasteiger partial charge in [-0.3, -0.25) is 4.79 Å². The normalized spacial score (nSPS) is 17.7. The Labute approximate surface area is 124 Å². The quantitative estimate of drug-likeness (QED) is 0.783. The highest BCUT2D eigenvalue weighted by atomic mass is 16.2. The van der Waals surface area contributed by atoms with Crippen molar-refractivity contribution in [2.45, 2.75) is 18.9 Å². The first kappa shape index (κ1) is 14.1. The summed E-state index contributed by atoms with van der Waals surface area (Å²) in [7, 11) is 0. The van der Waals surface area contributed by atoms with Gasteiger partial charge in [-0.2, -0.15) is 0 Å². The van der Waals surface area contributed by atoms with Crippen LogP contribution in [-0.4, -0.2) is 48.0 Å². The fraction of sp³-hybridized carbons (Fsp3) is 0.438. The first-order valence-corrected chi connectivity index (χ1v) is 7.56. The molecule has 1 aliphatic rings. The zero-order chi connectivity index (χ0) is 14.7. The van der Waals surface area contributed by atoms with E-state index in [1.165, 1.54) is 0 Å². The molecule has 1 atom stereocenters. The number of rotatable bonds is 3. The predicted molar refractivity (Wildman–Crippen MR) is 84.0 cm³/mol. The third-order valence-corrected chi connectivity index (χ3v) is 4.08. The number of para-hydroxylation sites is 1. The summed E-state index contributed by atoms with van der Waals surface area (Å²) in [6.45, 7) is 3.38. The molecule has 0 aliphatic carbocycles. The van der Waals surface area contributed by atoms with Gasteiger partial charge in [0.2, 0.25) is 5.91 Å². The molecule has 1 fully saturated rings. The highest BCUT2D eigenvalue weighted by molar-refractivity contribution is 5.86. The molecule has 1 amide bonds. The van der Waals surface area contributed by atoms with Crippen LogP contribution in [0.3, 0.4) is 0 Å². The van der Waals surface area contributed by atoms with Crippen molar-refractivity contribution in [1.82, 2.24) is 15.2 Å². The van der Waals surface area contributed by atoms with Crippen molar-refractivity contribution in [3.8, 4) is 0 Å². The predicted octanol–water partition coefficient (Wildman–Crippen LogP) is 0.860. The molecule has 2 aromatic rings. The summed E-state index contributed by atoms with van der Waals surface area (Å²) >= 11 is 0. The van der Waals surface area contributed by atoms with Gasteiger partial charge >= 0.3 is 0 Å². The lowest BCUT2D eigenvalue weighted by molar-refractivity contribution is -0.132. The molecule has 1 unspecified atom stereocenters. The van der Waals surface area contributed by atoms with E-state index in [2.05, 4.69) is 16.4 Å². The Bertz CT molecular complexity index is 614. The van der Waals surface area contributed by atoms with Gasteiger partial charge in [-0.25, -0.2) is 0 Å². The van der Waals surface area contributed by atoms with Gasteiger partial charge in [-0.1, -0.05) is 18.2 Å². The molecule has 1 saturated heterocycles. The molecule has 3 rings (SSSR count). The number of carbonyl (C=O) groups is 1. The molecule has 5 nitrogen and oxygen atoms in total. The van der Waals surface area contributed by atoms with Crippen LogP contribution >= 0.6 is 0 Å². The summed E-state index contributed by atoms with van der Waals surface area (Å²) in [6.07, 6.45) is 3.53. The molecule has 5 heteroatoms. The fourth-order valence-electron chi connectivity index (χ4n) is 2.93. The number of benzene rings is 1. The maximum atomic E-state index is 12.5. The van der Waals surface area contributed by atoms with E-state index in [1.54, 1.807) is 0 Å². The summed E-state index contributed by atoms with van der Waals surface area (Å²) in [5.74, 6) is 0.0592. The Hall–Kier alpha value is -1.85. The van der Waals surface area contributed by atoms with Gasteiger partial charge in [0.05, 0.1) is 6.04 Å². The minimum Gasteiger partial charge on any atom is -0.361 e. The minimum absolute atomic E-state index is 0.0592. The zero-order valence-corrected chi connectivity index (χ0v) is 12.1. The number of hydrogen-bond acceptors (Lipinski definition) is 3. The number of carbonyl (C=O) groups excluding carboxylic acids is 1. The third kappa shape index (κ3) is 3.09. The molecule has 21 heavy (non-hydrogen) atoms. The Balaban J connectivity index is 1.70. The Morgan fingerprint density at radius 2 is 2.14 bits per heavy atom. The lowest BCUT2D eigenvalue weighted by Gasteiger charge is -2.23. The average molecular weight is 286 g/mol. The largest absolute Gasteiger partial charge is 0.361 e. The maximum absolute atomic E-state index is 12.5. The number of H-pyrrole nitrogens is 1. The molecule has 0 radical (unpaired) electrons. The summed E-state index contributed by atoms with van der Waals surface area (Å²) in [5.41, 5.74) is 8.36. The van der Waals surface area contributed by atoms with Crippen LogP contribution in [0.5, 0.6) is 0 Å². The molecule has 1 aromatic carbocycles. The Morgan fingerprint density at radius 3 is 3.05 bits per heavy atom. The number of amides is 1. The Morgan fingerprint density at radius 1 is 1.29 bits per heavy atom. The number of nitrogens with one attached hydrogen (secondary N) is 2. The molecule has 0 bridgehead atoms. The zero-order valence-electron chi connectivity index (χ0n) is 12.1. The number of fused-ring (bicyclic) bond motifs is 1. The van der Waals surface area contributed by atoms with Crippen LogP contribution in [0.15, 0.2) is 30.5 Å². The second kappa shape index (κ2) is 6.28. The van der Waals surface area contributed by atoms with Gasteiger partial charge < -0.3 is 20.9 Å². The molecule has 112 valence electrons. The van der Waals surface area contributed by atoms with E-state index >= 15 is 0 Å². The number of aromatic nitrogens is 1. The van der Waals surface area contributed by atoms with E-state index in [1.807, 2.05) is 29.3 Å². The van der Waals surface area contributed by atoms with Crippen LogP contribution in [0.2, 0.25) is 0 Å². The van der Waals surface area contributed by atoms with E-state index in [0.29, 0.717) is 6.42 Å². The second-order valence-electron chi connectivity index (χ2n) is 5.60. The van der Waals surface area contributed by atoms with E-state index < -0.39 is 6.04 Å². The monoisotopic (exact) mass is 286 g/mol. The topological polar surface area (TPSA) is 74.2 Å². The van der Waals surface area contributed by atoms with E-state index in [9.17, 15) is 4.79 Å². The second-order valence-corrected chi connectivity index (χ2v) is 5.60. The van der Waals surface area contributed by atoms with Crippen molar-refractivity contribution in [2.24, 2.45) is 5.73 Å². The van der Waals surface area contributed by atoms with Crippen molar-refractivity contribution in [2.75, 3.05) is 26.2 Å². The van der Waals surface area contributed by atoms with E-state index in [-0.39, 0.29) is 5.91 Å². The average Bonchev–Trinajstić information content (AvgIpc) is 2.74. The third-order valence-electron chi connectivity index (χ3n) is 4.08. The Kier molecular flexibility index (Phi) is 4.22. The van der Waals surface area contributed by atoms with E-state index in [4.69, 9.17) is 5.73 Å². The summed E-state index contributed by atoms with van der Waals surface area (Å²) < 4.78 is 0. The van der Waals surface area contributed by atoms with Crippen LogP contribution in [0.1, 0.15) is 12.0 Å². The summed E-state index contributed by atoms with van der Waals surface area (Å²) in [5, 5.41) is 4.45. The van der Waals surface area contributed by atoms with Gasteiger partial charge in [0.25, 0.3) is 0 Å². The lowest BCUT2D eigenvalue weighted by Crippen LogP contribution is -2.46. The van der Waals surface area contributed by atoms with Crippen LogP contribution in [0.25, 0.3) is 10.9 Å². The fourth-order valence-corrected chi connectivity index (χ4v) is 2.93. The van der Waals surface area contributed by atoms with Crippen molar-refractivity contribution in [3.05, 3.63) is 36.0 Å². The van der Waals surface area contributed by atoms with Crippen molar-refractivity contribution >= 4 is 16.8 Å². The molecule has 2 heterocycles. The SMILES string of the molecule is NC(Cc1c[nH]c2ccccc12)C(=O)N1CCCNCC1. The molecule has 4 N–H and O–H groups in total. The van der Waals surface area contributed by atoms with Crippen LogP contribution in [0, 0.1) is 0 Å². The van der Waals surface area contributed by atoms with Gasteiger partial charge in [-0.05, 0) is 31.0 Å². The molecular formula is C16H22N4O. The lowest BCUT2D eigenvalue weighted by atomic mass is 10.0. The van der Waals surface area contributed by atoms with Crippen LogP contribution in [0.4, 0.5) is 0 Å². The highest BCUT2D eigenvalue weighted by Gasteiger charge is 2.22. The number of aromatic amines is 1. The first-order valence-electron chi connectivity index (χ1n) is 7.56. The molecular weight excluding hydrogens is 264 g/mol. The van der Waals surface area contributed by atoms with Gasteiger partial charge in [0.1, 0.15) is 0 Å². The highest BCUT2D eigenvalue weighted by Crippen LogP contribution is 2.19. The molecule has 0 spiro atoms. The van der Waals surface area contributed by atoms with Gasteiger partial charge in [-0.15, -0.1) is 0 Å². The molecule has 1 aliphatic heterocycles. The van der Waals surface area contributed by atoms with Crippen molar-refractivity contribution < 1.29 is 4.79 Å². The maximum Gasteiger partial charge on any atom is 0.239 e. The molecule has 1 aromatic heterocycles. The van der Waals surface area contributed by atoms with Gasteiger partial charge in [0, 0.05) is 36.7 Å². The number of nitrogens with zero attached hydrogens (tertiary/aromatic N) is 1. The number of hydrogen-bond donors (Lipinski definition) is 3. The minimum atomic E-state index is -0.470. The van der Waals surface area contributed by atoms with Crippen LogP contribution < -0.4 is 11.1 Å². The number of nitrogens with two attached hydrogens (primary N) is 1. The van der Waals surface area contributed by atoms with Crippen molar-refractivity contribution in [1.29, 1.82) is 0 Å². The standard InChI is InChI=1S/C16H22N4O/c17-14(16(21)20-8-3-6-18-7-9-20)10-12-11-19-15-5-2-1-4-13(12)15/h1-2,4-5,11,14,18-19H,3,6-10,17H2. The van der Waals surface area contributed by atoms with Crippen molar-refractivity contribution in [3.63, 3.8) is 0 Å². The van der Waals surface area contributed by atoms with E-state index in [0.717, 1.165) is 49.1 Å². The first-order chi connectivity index (χ1) is 10.3.